The molecular formula is C22H18N4O. The van der Waals surface area contributed by atoms with Crippen LogP contribution in [0.4, 0.5) is 0 Å². The van der Waals surface area contributed by atoms with E-state index in [1.807, 2.05) is 54.6 Å². The number of hydrogen-bond acceptors (Lipinski definition) is 4. The third-order valence-electron chi connectivity index (χ3n) is 4.41. The van der Waals surface area contributed by atoms with E-state index < -0.39 is 0 Å². The molecule has 0 saturated carbocycles. The summed E-state index contributed by atoms with van der Waals surface area (Å²) in [6.45, 7) is 0.494. The van der Waals surface area contributed by atoms with Crippen LogP contribution in [0.15, 0.2) is 79.4 Å². The van der Waals surface area contributed by atoms with Crippen LogP contribution in [0.3, 0.4) is 0 Å². The molecule has 0 bridgehead atoms. The van der Waals surface area contributed by atoms with Crippen molar-refractivity contribution in [3.05, 3.63) is 90.5 Å². The van der Waals surface area contributed by atoms with Crippen molar-refractivity contribution in [2.45, 2.75) is 6.54 Å². The second-order valence-corrected chi connectivity index (χ2v) is 6.33. The number of carbonyl (C=O) groups is 1. The number of amides is 1. The molecule has 0 saturated heterocycles. The van der Waals surface area contributed by atoms with Crippen LogP contribution in [0.1, 0.15) is 15.9 Å². The van der Waals surface area contributed by atoms with Gasteiger partial charge in [-0.2, -0.15) is 0 Å². The lowest BCUT2D eigenvalue weighted by Gasteiger charge is -2.19. The van der Waals surface area contributed by atoms with E-state index in [0.29, 0.717) is 12.1 Å². The molecule has 4 aromatic rings. The Balaban J connectivity index is 1.76. The van der Waals surface area contributed by atoms with Crippen molar-refractivity contribution in [1.82, 2.24) is 19.9 Å². The Morgan fingerprint density at radius 3 is 2.56 bits per heavy atom. The number of carbonyl (C=O) groups excluding carboxylic acids is 1. The third-order valence-corrected chi connectivity index (χ3v) is 4.41. The Hall–Kier alpha value is -3.60. The molecule has 0 unspecified atom stereocenters. The van der Waals surface area contributed by atoms with E-state index in [9.17, 15) is 4.79 Å². The van der Waals surface area contributed by atoms with Gasteiger partial charge >= 0.3 is 0 Å². The first kappa shape index (κ1) is 16.8. The number of hydrogen-bond donors (Lipinski definition) is 0. The number of rotatable bonds is 4. The average molecular weight is 354 g/mol. The number of fused-ring (bicyclic) bond motifs is 1. The zero-order chi connectivity index (χ0) is 18.6. The molecule has 0 radical (unpaired) electrons. The van der Waals surface area contributed by atoms with Gasteiger partial charge in [0.1, 0.15) is 0 Å². The van der Waals surface area contributed by atoms with Crippen molar-refractivity contribution in [2.24, 2.45) is 0 Å². The highest BCUT2D eigenvalue weighted by molar-refractivity contribution is 6.07. The smallest absolute Gasteiger partial charge is 0.254 e. The third kappa shape index (κ3) is 3.53. The Labute approximate surface area is 157 Å². The highest BCUT2D eigenvalue weighted by atomic mass is 16.2. The minimum atomic E-state index is -0.0484. The number of pyridine rings is 3. The first-order valence-electron chi connectivity index (χ1n) is 8.67. The average Bonchev–Trinajstić information content (AvgIpc) is 2.73. The van der Waals surface area contributed by atoms with Crippen molar-refractivity contribution in [1.29, 1.82) is 0 Å². The highest BCUT2D eigenvalue weighted by Gasteiger charge is 2.17. The van der Waals surface area contributed by atoms with Crippen molar-refractivity contribution >= 4 is 16.8 Å². The molecule has 0 spiro atoms. The molecule has 3 heterocycles. The number of para-hydroxylation sites is 1. The molecule has 0 fully saturated rings. The van der Waals surface area contributed by atoms with Crippen LogP contribution in [0, 0.1) is 0 Å². The highest BCUT2D eigenvalue weighted by Crippen LogP contribution is 2.25. The summed E-state index contributed by atoms with van der Waals surface area (Å²) in [6, 6.07) is 17.2. The Kier molecular flexibility index (Phi) is 4.58. The van der Waals surface area contributed by atoms with Crippen molar-refractivity contribution in [3.63, 3.8) is 0 Å². The summed E-state index contributed by atoms with van der Waals surface area (Å²) in [5.41, 5.74) is 4.11. The standard InChI is InChI=1S/C22H18N4O/c1-26(15-16-5-4-10-24-14-16)22(27)19-13-21(17-8-11-23-12-9-17)25-20-7-3-2-6-18(19)20/h2-14H,15H2,1H3. The van der Waals surface area contributed by atoms with Gasteiger partial charge in [0.15, 0.2) is 0 Å². The predicted octanol–water partition coefficient (Wildman–Crippen LogP) is 3.96. The van der Waals surface area contributed by atoms with Crippen molar-refractivity contribution in [2.75, 3.05) is 7.05 Å². The van der Waals surface area contributed by atoms with Gasteiger partial charge in [0.25, 0.3) is 5.91 Å². The molecule has 0 atom stereocenters. The zero-order valence-electron chi connectivity index (χ0n) is 14.9. The summed E-state index contributed by atoms with van der Waals surface area (Å²) in [5, 5.41) is 0.846. The van der Waals surface area contributed by atoms with Gasteiger partial charge in [-0.3, -0.25) is 14.8 Å². The van der Waals surface area contributed by atoms with Crippen LogP contribution in [0.2, 0.25) is 0 Å². The van der Waals surface area contributed by atoms with Gasteiger partial charge in [-0.15, -0.1) is 0 Å². The second-order valence-electron chi connectivity index (χ2n) is 6.33. The summed E-state index contributed by atoms with van der Waals surface area (Å²) in [5.74, 6) is -0.0484. The maximum atomic E-state index is 13.2. The van der Waals surface area contributed by atoms with E-state index in [0.717, 1.165) is 27.7 Å². The second kappa shape index (κ2) is 7.33. The summed E-state index contributed by atoms with van der Waals surface area (Å²) < 4.78 is 0. The van der Waals surface area contributed by atoms with Crippen molar-refractivity contribution < 1.29 is 4.79 Å². The summed E-state index contributed by atoms with van der Waals surface area (Å²) in [7, 11) is 1.80. The Morgan fingerprint density at radius 1 is 0.963 bits per heavy atom. The molecule has 0 aliphatic heterocycles. The maximum absolute atomic E-state index is 13.2. The fourth-order valence-electron chi connectivity index (χ4n) is 3.07. The lowest BCUT2D eigenvalue weighted by Crippen LogP contribution is -2.26. The fraction of sp³-hybridized carbons (Fsp3) is 0.0909. The van der Waals surface area contributed by atoms with Gasteiger partial charge in [0.2, 0.25) is 0 Å². The monoisotopic (exact) mass is 354 g/mol. The molecule has 4 rings (SSSR count). The van der Waals surface area contributed by atoms with E-state index in [2.05, 4.69) is 9.97 Å². The van der Waals surface area contributed by atoms with Crippen LogP contribution in [0.25, 0.3) is 22.2 Å². The molecule has 1 amide bonds. The molecular weight excluding hydrogens is 336 g/mol. The quantitative estimate of drug-likeness (QED) is 0.556. The van der Waals surface area contributed by atoms with Crippen LogP contribution < -0.4 is 0 Å². The molecule has 5 nitrogen and oxygen atoms in total. The SMILES string of the molecule is CN(Cc1cccnc1)C(=O)c1cc(-c2ccncc2)nc2ccccc12. The lowest BCUT2D eigenvalue weighted by molar-refractivity contribution is 0.0787. The first-order valence-corrected chi connectivity index (χ1v) is 8.67. The van der Waals surface area contributed by atoms with Gasteiger partial charge < -0.3 is 4.90 Å². The first-order chi connectivity index (χ1) is 13.2. The number of aromatic nitrogens is 3. The van der Waals surface area contributed by atoms with Gasteiger partial charge in [-0.25, -0.2) is 4.98 Å². The van der Waals surface area contributed by atoms with E-state index in [-0.39, 0.29) is 5.91 Å². The van der Waals surface area contributed by atoms with E-state index in [1.54, 1.807) is 36.7 Å². The van der Waals surface area contributed by atoms with Gasteiger partial charge in [-0.05, 0) is 35.9 Å². The van der Waals surface area contributed by atoms with Gasteiger partial charge in [0, 0.05) is 49.3 Å². The molecule has 0 N–H and O–H groups in total. The van der Waals surface area contributed by atoms with Crippen molar-refractivity contribution in [3.8, 4) is 11.3 Å². The summed E-state index contributed by atoms with van der Waals surface area (Å²) >= 11 is 0. The summed E-state index contributed by atoms with van der Waals surface area (Å²) in [6.07, 6.45) is 6.95. The Bertz CT molecular complexity index is 1080. The van der Waals surface area contributed by atoms with E-state index in [4.69, 9.17) is 4.98 Å². The van der Waals surface area contributed by atoms with E-state index >= 15 is 0 Å². The lowest BCUT2D eigenvalue weighted by atomic mass is 10.0. The number of nitrogens with zero attached hydrogens (tertiary/aromatic N) is 4. The van der Waals surface area contributed by atoms with Crippen LogP contribution >= 0.6 is 0 Å². The van der Waals surface area contributed by atoms with Gasteiger partial charge in [-0.1, -0.05) is 24.3 Å². The van der Waals surface area contributed by atoms with Gasteiger partial charge in [0.05, 0.1) is 16.8 Å². The molecule has 0 aliphatic rings. The van der Waals surface area contributed by atoms with Crippen LogP contribution in [0.5, 0.6) is 0 Å². The van der Waals surface area contributed by atoms with E-state index in [1.165, 1.54) is 0 Å². The number of benzene rings is 1. The molecule has 0 aliphatic carbocycles. The summed E-state index contributed by atoms with van der Waals surface area (Å²) in [4.78, 5) is 27.8. The normalized spacial score (nSPS) is 10.7. The fourth-order valence-corrected chi connectivity index (χ4v) is 3.07. The van der Waals surface area contributed by atoms with Crippen LogP contribution in [-0.2, 0) is 6.54 Å². The topological polar surface area (TPSA) is 59.0 Å². The largest absolute Gasteiger partial charge is 0.337 e. The predicted molar refractivity (Wildman–Crippen MR) is 105 cm³/mol. The maximum Gasteiger partial charge on any atom is 0.254 e. The minimum Gasteiger partial charge on any atom is -0.337 e. The molecule has 3 aromatic heterocycles. The van der Waals surface area contributed by atoms with Crippen LogP contribution in [-0.4, -0.2) is 32.8 Å². The molecule has 5 heteroatoms. The molecule has 1 aromatic carbocycles. The molecule has 132 valence electrons. The zero-order valence-corrected chi connectivity index (χ0v) is 14.9. The molecule has 27 heavy (non-hydrogen) atoms. The minimum absolute atomic E-state index is 0.0484. The Morgan fingerprint density at radius 2 is 1.78 bits per heavy atom.